The van der Waals surface area contributed by atoms with Crippen LogP contribution in [0.3, 0.4) is 0 Å². The molecule has 4 heteroatoms. The first-order valence-electron chi connectivity index (χ1n) is 8.94. The Morgan fingerprint density at radius 2 is 2.33 bits per heavy atom. The summed E-state index contributed by atoms with van der Waals surface area (Å²) >= 11 is 0. The van der Waals surface area contributed by atoms with Gasteiger partial charge >= 0.3 is 0 Å². The molecule has 0 bridgehead atoms. The number of quaternary nitrogens is 1. The van der Waals surface area contributed by atoms with Crippen LogP contribution in [0.1, 0.15) is 57.6 Å². The van der Waals surface area contributed by atoms with E-state index >= 15 is 0 Å². The van der Waals surface area contributed by atoms with Crippen LogP contribution in [0.2, 0.25) is 0 Å². The number of hydrogen-bond acceptors (Lipinski definition) is 3. The summed E-state index contributed by atoms with van der Waals surface area (Å²) in [5, 5.41) is 8.64. The first-order valence-corrected chi connectivity index (χ1v) is 8.94. The van der Waals surface area contributed by atoms with Gasteiger partial charge in [-0.2, -0.15) is 5.26 Å². The summed E-state index contributed by atoms with van der Waals surface area (Å²) in [4.78, 5) is 5.80. The Hall–Kier alpha value is -1.88. The van der Waals surface area contributed by atoms with Crippen molar-refractivity contribution in [3.8, 4) is 17.9 Å². The van der Waals surface area contributed by atoms with E-state index in [2.05, 4.69) is 35.9 Å². The SMILES string of the molecule is CC[C@](C)(C#CC[NH+]1CCCC[C@@H]1c1cccnc1)OCCC#N. The number of nitriles is 1. The molecule has 1 unspecified atom stereocenters. The first-order chi connectivity index (χ1) is 11.7. The van der Waals surface area contributed by atoms with Crippen molar-refractivity contribution < 1.29 is 9.64 Å². The molecule has 3 atom stereocenters. The summed E-state index contributed by atoms with van der Waals surface area (Å²) in [6.45, 7) is 6.53. The van der Waals surface area contributed by atoms with Crippen molar-refractivity contribution in [2.75, 3.05) is 19.7 Å². The van der Waals surface area contributed by atoms with Crippen molar-refractivity contribution in [3.05, 3.63) is 30.1 Å². The maximum absolute atomic E-state index is 8.64. The van der Waals surface area contributed by atoms with Crippen molar-refractivity contribution in [3.63, 3.8) is 0 Å². The maximum atomic E-state index is 8.64. The largest absolute Gasteiger partial charge is 0.362 e. The Balaban J connectivity index is 1.99. The molecule has 1 N–H and O–H groups in total. The van der Waals surface area contributed by atoms with Crippen molar-refractivity contribution in [2.45, 2.75) is 57.6 Å². The number of pyridine rings is 1. The van der Waals surface area contributed by atoms with Crippen LogP contribution < -0.4 is 4.90 Å². The lowest BCUT2D eigenvalue weighted by molar-refractivity contribution is -0.930. The minimum absolute atomic E-state index is 0.414. The molecule has 1 aliphatic heterocycles. The first kappa shape index (κ1) is 18.5. The van der Waals surface area contributed by atoms with E-state index in [4.69, 9.17) is 10.00 Å². The Kier molecular flexibility index (Phi) is 7.25. The second-order valence-corrected chi connectivity index (χ2v) is 6.56. The number of aromatic nitrogens is 1. The van der Waals surface area contributed by atoms with E-state index in [1.807, 2.05) is 25.4 Å². The van der Waals surface area contributed by atoms with Gasteiger partial charge in [0.25, 0.3) is 0 Å². The van der Waals surface area contributed by atoms with Crippen LogP contribution in [0.5, 0.6) is 0 Å². The van der Waals surface area contributed by atoms with Gasteiger partial charge in [-0.15, -0.1) is 0 Å². The van der Waals surface area contributed by atoms with E-state index in [0.717, 1.165) is 19.5 Å². The highest BCUT2D eigenvalue weighted by Gasteiger charge is 2.27. The lowest BCUT2D eigenvalue weighted by Crippen LogP contribution is -3.13. The van der Waals surface area contributed by atoms with Gasteiger partial charge < -0.3 is 9.64 Å². The summed E-state index contributed by atoms with van der Waals surface area (Å²) in [5.41, 5.74) is 0.869. The minimum atomic E-state index is -0.449. The Labute approximate surface area is 145 Å². The number of nitrogens with one attached hydrogen (secondary N) is 1. The molecule has 0 aromatic carbocycles. The van der Waals surface area contributed by atoms with Crippen LogP contribution in [0, 0.1) is 23.2 Å². The maximum Gasteiger partial charge on any atom is 0.139 e. The zero-order valence-corrected chi connectivity index (χ0v) is 14.8. The molecule has 0 spiro atoms. The summed E-state index contributed by atoms with van der Waals surface area (Å²) in [5.74, 6) is 6.66. The molecule has 2 heterocycles. The van der Waals surface area contributed by atoms with Gasteiger partial charge in [-0.3, -0.25) is 4.98 Å². The molecule has 1 aromatic heterocycles. The van der Waals surface area contributed by atoms with Crippen LogP contribution in [-0.2, 0) is 4.74 Å². The molecule has 0 aliphatic carbocycles. The van der Waals surface area contributed by atoms with Gasteiger partial charge in [0.05, 0.1) is 25.6 Å². The fraction of sp³-hybridized carbons (Fsp3) is 0.600. The van der Waals surface area contributed by atoms with Crippen molar-refractivity contribution in [1.82, 2.24) is 4.98 Å². The Morgan fingerprint density at radius 3 is 3.04 bits per heavy atom. The molecule has 1 aliphatic rings. The highest BCUT2D eigenvalue weighted by atomic mass is 16.5. The third-order valence-corrected chi connectivity index (χ3v) is 4.80. The topological polar surface area (TPSA) is 50.4 Å². The number of nitrogens with zero attached hydrogens (tertiary/aromatic N) is 2. The number of likely N-dealkylation sites (tertiary alicyclic amines) is 1. The van der Waals surface area contributed by atoms with Gasteiger partial charge in [0.2, 0.25) is 0 Å². The zero-order valence-electron chi connectivity index (χ0n) is 14.8. The second-order valence-electron chi connectivity index (χ2n) is 6.56. The second kappa shape index (κ2) is 9.42. The number of hydrogen-bond donors (Lipinski definition) is 1. The fourth-order valence-electron chi connectivity index (χ4n) is 3.17. The number of rotatable bonds is 6. The molecule has 128 valence electrons. The van der Waals surface area contributed by atoms with Crippen molar-refractivity contribution in [1.29, 1.82) is 5.26 Å². The average molecular weight is 326 g/mol. The molecule has 1 saturated heterocycles. The quantitative estimate of drug-likeness (QED) is 0.644. The van der Waals surface area contributed by atoms with E-state index in [-0.39, 0.29) is 0 Å². The van der Waals surface area contributed by atoms with E-state index in [1.54, 1.807) is 0 Å². The summed E-state index contributed by atoms with van der Waals surface area (Å²) < 4.78 is 5.80. The molecule has 0 radical (unpaired) electrons. The van der Waals surface area contributed by atoms with Gasteiger partial charge in [-0.1, -0.05) is 18.9 Å². The van der Waals surface area contributed by atoms with E-state index in [0.29, 0.717) is 19.1 Å². The van der Waals surface area contributed by atoms with Crippen LogP contribution >= 0.6 is 0 Å². The predicted octanol–water partition coefficient (Wildman–Crippen LogP) is 2.29. The van der Waals surface area contributed by atoms with Crippen molar-refractivity contribution >= 4 is 0 Å². The van der Waals surface area contributed by atoms with E-state index in [1.165, 1.54) is 29.7 Å². The molecular formula is C20H28N3O+. The fourth-order valence-corrected chi connectivity index (χ4v) is 3.17. The van der Waals surface area contributed by atoms with Gasteiger partial charge in [0.15, 0.2) is 0 Å². The number of piperidine rings is 1. The lowest BCUT2D eigenvalue weighted by atomic mass is 9.96. The average Bonchev–Trinajstić information content (AvgIpc) is 2.63. The lowest BCUT2D eigenvalue weighted by Gasteiger charge is -2.31. The predicted molar refractivity (Wildman–Crippen MR) is 94.2 cm³/mol. The minimum Gasteiger partial charge on any atom is -0.362 e. The number of ether oxygens (including phenoxy) is 1. The van der Waals surface area contributed by atoms with E-state index in [9.17, 15) is 0 Å². The molecule has 24 heavy (non-hydrogen) atoms. The molecule has 1 fully saturated rings. The highest BCUT2D eigenvalue weighted by molar-refractivity contribution is 5.14. The summed E-state index contributed by atoms with van der Waals surface area (Å²) in [6.07, 6.45) is 8.80. The van der Waals surface area contributed by atoms with E-state index < -0.39 is 5.60 Å². The van der Waals surface area contributed by atoms with Crippen molar-refractivity contribution in [2.24, 2.45) is 0 Å². The zero-order chi connectivity index (χ0) is 17.3. The summed E-state index contributed by atoms with van der Waals surface area (Å²) in [7, 11) is 0. The van der Waals surface area contributed by atoms with Crippen LogP contribution in [0.4, 0.5) is 0 Å². The Morgan fingerprint density at radius 1 is 1.46 bits per heavy atom. The molecule has 0 saturated carbocycles. The third-order valence-electron chi connectivity index (χ3n) is 4.80. The molecule has 2 rings (SSSR count). The molecular weight excluding hydrogens is 298 g/mol. The van der Waals surface area contributed by atoms with Crippen LogP contribution in [0.25, 0.3) is 0 Å². The molecule has 0 amide bonds. The normalized spacial score (nSPS) is 22.7. The van der Waals surface area contributed by atoms with Gasteiger partial charge in [0, 0.05) is 24.4 Å². The smallest absolute Gasteiger partial charge is 0.139 e. The summed E-state index contributed by atoms with van der Waals surface area (Å²) in [6, 6.07) is 6.80. The third kappa shape index (κ3) is 5.34. The molecule has 4 nitrogen and oxygen atoms in total. The van der Waals surface area contributed by atoms with Crippen LogP contribution in [0.15, 0.2) is 24.5 Å². The Bertz CT molecular complexity index is 599. The van der Waals surface area contributed by atoms with Gasteiger partial charge in [-0.05, 0) is 38.2 Å². The monoisotopic (exact) mass is 326 g/mol. The van der Waals surface area contributed by atoms with Crippen LogP contribution in [-0.4, -0.2) is 30.3 Å². The standard InChI is InChI=1S/C20H27N3O/c1-3-20(2,24-16-8-12-21)11-7-15-23-14-5-4-10-19(23)18-9-6-13-22-17-18/h6,9,13,17,19H,3-5,8,10,14-16H2,1-2H3/p+1/t19-,20-/m1/s1. The highest BCUT2D eigenvalue weighted by Crippen LogP contribution is 2.18. The van der Waals surface area contributed by atoms with Gasteiger partial charge in [0.1, 0.15) is 18.2 Å². The molecule has 1 aromatic rings. The van der Waals surface area contributed by atoms with Gasteiger partial charge in [-0.25, -0.2) is 0 Å².